The predicted molar refractivity (Wildman–Crippen MR) is 132 cm³/mol. The standard InChI is InChI=1S/C27H38N2O6/c1-7-28(8-2)11-12-29-23(17-14-20(32-4)25(34-6)21(15-17)33-5)22-24(30)18-13-16(3)9-10-19(18)35-26(22)27(29)31/h14-16,18-19,23H,7-13H2,1-6H3. The zero-order chi connectivity index (χ0) is 25.3. The number of carbonyl (C=O) groups is 2. The second-order valence-corrected chi connectivity index (χ2v) is 9.67. The Morgan fingerprint density at radius 3 is 2.26 bits per heavy atom. The highest BCUT2D eigenvalue weighted by Crippen LogP contribution is 2.49. The minimum absolute atomic E-state index is 0.0419. The fourth-order valence-electron chi connectivity index (χ4n) is 5.75. The minimum atomic E-state index is -0.563. The lowest BCUT2D eigenvalue weighted by Gasteiger charge is -2.37. The van der Waals surface area contributed by atoms with Crippen LogP contribution in [0.2, 0.25) is 0 Å². The van der Waals surface area contributed by atoms with Gasteiger partial charge in [0.1, 0.15) is 6.10 Å². The first-order valence-corrected chi connectivity index (χ1v) is 12.7. The number of hydrogen-bond donors (Lipinski definition) is 0. The van der Waals surface area contributed by atoms with Gasteiger partial charge in [0.2, 0.25) is 5.75 Å². The van der Waals surface area contributed by atoms with E-state index in [1.165, 1.54) is 0 Å². The minimum Gasteiger partial charge on any atom is -0.493 e. The Morgan fingerprint density at radius 2 is 1.69 bits per heavy atom. The maximum Gasteiger partial charge on any atom is 0.290 e. The Balaban J connectivity index is 1.80. The molecule has 1 saturated carbocycles. The van der Waals surface area contributed by atoms with E-state index < -0.39 is 6.04 Å². The van der Waals surface area contributed by atoms with Gasteiger partial charge in [-0.15, -0.1) is 0 Å². The number of ketones is 1. The van der Waals surface area contributed by atoms with E-state index in [4.69, 9.17) is 18.9 Å². The van der Waals surface area contributed by atoms with Gasteiger partial charge in [-0.3, -0.25) is 9.59 Å². The van der Waals surface area contributed by atoms with Crippen LogP contribution in [0.5, 0.6) is 17.2 Å². The number of amides is 1. The summed E-state index contributed by atoms with van der Waals surface area (Å²) in [6, 6.07) is 3.11. The van der Waals surface area contributed by atoms with E-state index >= 15 is 0 Å². The van der Waals surface area contributed by atoms with E-state index in [-0.39, 0.29) is 29.5 Å². The highest BCUT2D eigenvalue weighted by atomic mass is 16.5. The van der Waals surface area contributed by atoms with Crippen molar-refractivity contribution in [1.82, 2.24) is 9.80 Å². The van der Waals surface area contributed by atoms with Crippen LogP contribution in [-0.4, -0.2) is 75.1 Å². The average Bonchev–Trinajstić information content (AvgIpc) is 3.15. The van der Waals surface area contributed by atoms with Gasteiger partial charge >= 0.3 is 0 Å². The normalized spacial score (nSPS) is 26.0. The lowest BCUT2D eigenvalue weighted by molar-refractivity contribution is -0.136. The van der Waals surface area contributed by atoms with Crippen molar-refractivity contribution >= 4 is 11.7 Å². The van der Waals surface area contributed by atoms with Crippen LogP contribution in [0.1, 0.15) is 51.6 Å². The van der Waals surface area contributed by atoms with E-state index in [0.717, 1.165) is 37.9 Å². The molecular weight excluding hydrogens is 448 g/mol. The Hall–Kier alpha value is -2.74. The highest BCUT2D eigenvalue weighted by molar-refractivity contribution is 6.11. The summed E-state index contributed by atoms with van der Waals surface area (Å²) < 4.78 is 23.0. The quantitative estimate of drug-likeness (QED) is 0.528. The molecule has 0 N–H and O–H groups in total. The van der Waals surface area contributed by atoms with Crippen LogP contribution in [0, 0.1) is 11.8 Å². The van der Waals surface area contributed by atoms with Crippen LogP contribution < -0.4 is 14.2 Å². The molecule has 4 unspecified atom stereocenters. The molecule has 2 heterocycles. The van der Waals surface area contributed by atoms with Crippen molar-refractivity contribution in [3.8, 4) is 17.2 Å². The number of carbonyl (C=O) groups excluding carboxylic acids is 2. The molecule has 1 amide bonds. The molecule has 0 bridgehead atoms. The largest absolute Gasteiger partial charge is 0.493 e. The fraction of sp³-hybridized carbons (Fsp3) is 0.630. The fourth-order valence-corrected chi connectivity index (χ4v) is 5.75. The first kappa shape index (κ1) is 25.4. The molecule has 4 atom stereocenters. The van der Waals surface area contributed by atoms with Crippen LogP contribution in [0.3, 0.4) is 0 Å². The number of nitrogens with zero attached hydrogens (tertiary/aromatic N) is 2. The molecule has 0 aromatic heterocycles. The van der Waals surface area contributed by atoms with E-state index in [0.29, 0.717) is 41.8 Å². The van der Waals surface area contributed by atoms with Crippen molar-refractivity contribution < 1.29 is 28.5 Å². The molecule has 1 aliphatic carbocycles. The Kier molecular flexibility index (Phi) is 7.59. The smallest absolute Gasteiger partial charge is 0.290 e. The van der Waals surface area contributed by atoms with Crippen LogP contribution >= 0.6 is 0 Å². The Morgan fingerprint density at radius 1 is 1.03 bits per heavy atom. The highest BCUT2D eigenvalue weighted by Gasteiger charge is 2.52. The summed E-state index contributed by atoms with van der Waals surface area (Å²) >= 11 is 0. The summed E-state index contributed by atoms with van der Waals surface area (Å²) in [4.78, 5) is 31.7. The van der Waals surface area contributed by atoms with Gasteiger partial charge in [0.05, 0.1) is 38.9 Å². The number of Topliss-reactive ketones (excluding diaryl/α,β-unsaturated/α-hetero) is 1. The first-order chi connectivity index (χ1) is 16.9. The maximum atomic E-state index is 13.9. The van der Waals surface area contributed by atoms with E-state index in [9.17, 15) is 9.59 Å². The summed E-state index contributed by atoms with van der Waals surface area (Å²) in [5, 5.41) is 0. The monoisotopic (exact) mass is 486 g/mol. The van der Waals surface area contributed by atoms with Crippen molar-refractivity contribution in [2.45, 2.75) is 52.2 Å². The topological polar surface area (TPSA) is 77.5 Å². The molecule has 8 heteroatoms. The Labute approximate surface area is 208 Å². The molecule has 35 heavy (non-hydrogen) atoms. The molecule has 1 fully saturated rings. The number of benzene rings is 1. The molecule has 0 radical (unpaired) electrons. The number of fused-ring (bicyclic) bond motifs is 1. The molecule has 4 rings (SSSR count). The molecule has 1 aromatic rings. The summed E-state index contributed by atoms with van der Waals surface area (Å²) in [6.07, 6.45) is 2.38. The molecule has 0 saturated heterocycles. The molecule has 3 aliphatic rings. The summed E-state index contributed by atoms with van der Waals surface area (Å²) in [5.41, 5.74) is 1.22. The van der Waals surface area contributed by atoms with Gasteiger partial charge in [0, 0.05) is 13.1 Å². The third kappa shape index (κ3) is 4.48. The third-order valence-corrected chi connectivity index (χ3v) is 7.76. The van der Waals surface area contributed by atoms with Gasteiger partial charge in [-0.05, 0) is 56.0 Å². The van der Waals surface area contributed by atoms with Crippen molar-refractivity contribution in [3.05, 3.63) is 29.0 Å². The number of rotatable bonds is 9. The molecule has 192 valence electrons. The zero-order valence-corrected chi connectivity index (χ0v) is 21.8. The van der Waals surface area contributed by atoms with Gasteiger partial charge in [0.15, 0.2) is 23.0 Å². The maximum absolute atomic E-state index is 13.9. The second kappa shape index (κ2) is 10.5. The van der Waals surface area contributed by atoms with Gasteiger partial charge < -0.3 is 28.7 Å². The summed E-state index contributed by atoms with van der Waals surface area (Å²) in [5.74, 6) is 1.75. The Bertz CT molecular complexity index is 976. The van der Waals surface area contributed by atoms with Gasteiger partial charge in [0.25, 0.3) is 5.91 Å². The molecular formula is C27H38N2O6. The van der Waals surface area contributed by atoms with Crippen LogP contribution in [0.15, 0.2) is 23.5 Å². The van der Waals surface area contributed by atoms with Crippen molar-refractivity contribution in [2.75, 3.05) is 47.5 Å². The van der Waals surface area contributed by atoms with Crippen molar-refractivity contribution in [3.63, 3.8) is 0 Å². The molecule has 0 spiro atoms. The van der Waals surface area contributed by atoms with E-state index in [2.05, 4.69) is 25.7 Å². The first-order valence-electron chi connectivity index (χ1n) is 12.7. The van der Waals surface area contributed by atoms with Gasteiger partial charge in [-0.25, -0.2) is 0 Å². The number of methoxy groups -OCH3 is 3. The number of likely N-dealkylation sites (N-methyl/N-ethyl adjacent to an activating group) is 1. The summed E-state index contributed by atoms with van der Waals surface area (Å²) in [6.45, 7) is 9.35. The van der Waals surface area contributed by atoms with Crippen molar-refractivity contribution in [1.29, 1.82) is 0 Å². The molecule has 1 aromatic carbocycles. The van der Waals surface area contributed by atoms with Crippen LogP contribution in [0.4, 0.5) is 0 Å². The average molecular weight is 487 g/mol. The SMILES string of the molecule is CCN(CC)CCN1C(=O)C2=C(C(=O)C3CC(C)CCC3O2)C1c1cc(OC)c(OC)c(OC)c1. The predicted octanol–water partition coefficient (Wildman–Crippen LogP) is 3.60. The number of hydrogen-bond acceptors (Lipinski definition) is 7. The molecule has 8 nitrogen and oxygen atoms in total. The van der Waals surface area contributed by atoms with Crippen LogP contribution in [0.25, 0.3) is 0 Å². The van der Waals surface area contributed by atoms with Crippen LogP contribution in [-0.2, 0) is 14.3 Å². The van der Waals surface area contributed by atoms with Gasteiger partial charge in [-0.1, -0.05) is 20.8 Å². The number of ether oxygens (including phenoxy) is 4. The lowest BCUT2D eigenvalue weighted by Crippen LogP contribution is -2.41. The lowest BCUT2D eigenvalue weighted by atomic mass is 9.74. The van der Waals surface area contributed by atoms with E-state index in [1.807, 2.05) is 12.1 Å². The van der Waals surface area contributed by atoms with Gasteiger partial charge in [-0.2, -0.15) is 0 Å². The molecule has 2 aliphatic heterocycles. The second-order valence-electron chi connectivity index (χ2n) is 9.67. The summed E-state index contributed by atoms with van der Waals surface area (Å²) in [7, 11) is 4.68. The van der Waals surface area contributed by atoms with E-state index in [1.54, 1.807) is 26.2 Å². The third-order valence-electron chi connectivity index (χ3n) is 7.76. The van der Waals surface area contributed by atoms with Crippen molar-refractivity contribution in [2.24, 2.45) is 11.8 Å². The zero-order valence-electron chi connectivity index (χ0n) is 21.8.